The second-order valence-electron chi connectivity index (χ2n) is 5.02. The lowest BCUT2D eigenvalue weighted by atomic mass is 9.98. The summed E-state index contributed by atoms with van der Waals surface area (Å²) in [4.78, 5) is 12.4. The number of benzene rings is 1. The number of hydrogen-bond donors (Lipinski definition) is 0. The number of rotatable bonds is 5. The molecule has 5 nitrogen and oxygen atoms in total. The number of aromatic nitrogens is 1. The highest BCUT2D eigenvalue weighted by atomic mass is 32.1. The molecular weight excluding hydrogens is 302 g/mol. The summed E-state index contributed by atoms with van der Waals surface area (Å²) in [5, 5.41) is 0. The van der Waals surface area contributed by atoms with Gasteiger partial charge in [-0.1, -0.05) is 13.8 Å². The van der Waals surface area contributed by atoms with Crippen LogP contribution in [0.1, 0.15) is 35.8 Å². The predicted octanol–water partition coefficient (Wildman–Crippen LogP) is 3.74. The van der Waals surface area contributed by atoms with E-state index in [2.05, 4.69) is 18.2 Å². The summed E-state index contributed by atoms with van der Waals surface area (Å²) in [6, 6.07) is 5.60. The van der Waals surface area contributed by atoms with Gasteiger partial charge in [0.15, 0.2) is 5.69 Å². The molecule has 2 aromatic rings. The molecule has 2 rings (SSSR count). The van der Waals surface area contributed by atoms with Crippen molar-refractivity contribution in [3.63, 3.8) is 0 Å². The number of esters is 1. The number of nitrogens with zero attached hydrogens (tertiary/aromatic N) is 1. The molecule has 0 unspecified atom stereocenters. The Morgan fingerprint density at radius 1 is 1.09 bits per heavy atom. The van der Waals surface area contributed by atoms with Crippen molar-refractivity contribution in [1.29, 1.82) is 0 Å². The highest BCUT2D eigenvalue weighted by molar-refractivity contribution is 7.09. The molecule has 0 atom stereocenters. The highest BCUT2D eigenvalue weighted by Crippen LogP contribution is 2.40. The topological polar surface area (TPSA) is 57.7 Å². The molecule has 1 aromatic carbocycles. The maximum absolute atomic E-state index is 11.6. The fourth-order valence-electron chi connectivity index (χ4n) is 2.17. The zero-order valence-electron chi connectivity index (χ0n) is 13.3. The van der Waals surface area contributed by atoms with Crippen LogP contribution in [0, 0.1) is 0 Å². The molecule has 0 aliphatic heterocycles. The Morgan fingerprint density at radius 3 is 2.32 bits per heavy atom. The van der Waals surface area contributed by atoms with Gasteiger partial charge < -0.3 is 14.2 Å². The van der Waals surface area contributed by atoms with Gasteiger partial charge in [-0.15, -0.1) is 0 Å². The normalized spacial score (nSPS) is 10.6. The van der Waals surface area contributed by atoms with Crippen LogP contribution in [-0.2, 0) is 4.74 Å². The van der Waals surface area contributed by atoms with Crippen LogP contribution in [0.25, 0.3) is 10.4 Å². The third-order valence-corrected chi connectivity index (χ3v) is 4.17. The van der Waals surface area contributed by atoms with Crippen molar-refractivity contribution in [3.8, 4) is 21.9 Å². The molecular formula is C16H19NO4S. The molecule has 0 N–H and O–H groups in total. The minimum atomic E-state index is -0.445. The van der Waals surface area contributed by atoms with Crippen LogP contribution in [-0.4, -0.2) is 31.7 Å². The van der Waals surface area contributed by atoms with Crippen LogP contribution >= 0.6 is 11.5 Å². The molecule has 22 heavy (non-hydrogen) atoms. The Kier molecular flexibility index (Phi) is 5.03. The van der Waals surface area contributed by atoms with Gasteiger partial charge in [-0.2, -0.15) is 4.37 Å². The predicted molar refractivity (Wildman–Crippen MR) is 86.1 cm³/mol. The first-order chi connectivity index (χ1) is 10.5. The van der Waals surface area contributed by atoms with Crippen molar-refractivity contribution in [2.24, 2.45) is 0 Å². The fourth-order valence-corrected chi connectivity index (χ4v) is 2.92. The third kappa shape index (κ3) is 3.06. The standard InChI is InChI=1S/C16H19NO4S/c1-9(2)10-6-11(14(20-4)8-13(10)19-3)15-7-12(17-22-15)16(18)21-5/h6-9H,1-5H3. The first-order valence-corrected chi connectivity index (χ1v) is 7.60. The Bertz CT molecular complexity index is 679. The highest BCUT2D eigenvalue weighted by Gasteiger charge is 2.18. The Hall–Kier alpha value is -2.08. The summed E-state index contributed by atoms with van der Waals surface area (Å²) in [5.41, 5.74) is 2.26. The maximum Gasteiger partial charge on any atom is 0.357 e. The first kappa shape index (κ1) is 16.3. The Labute approximate surface area is 134 Å². The summed E-state index contributed by atoms with van der Waals surface area (Å²) in [6.07, 6.45) is 0. The van der Waals surface area contributed by atoms with E-state index in [0.717, 1.165) is 21.8 Å². The lowest BCUT2D eigenvalue weighted by Crippen LogP contribution is -2.00. The lowest BCUT2D eigenvalue weighted by Gasteiger charge is -2.16. The van der Waals surface area contributed by atoms with Gasteiger partial charge in [0.25, 0.3) is 0 Å². The average molecular weight is 321 g/mol. The zero-order chi connectivity index (χ0) is 16.3. The van der Waals surface area contributed by atoms with Gasteiger partial charge in [-0.05, 0) is 35.1 Å². The molecule has 0 radical (unpaired) electrons. The van der Waals surface area contributed by atoms with E-state index in [4.69, 9.17) is 14.2 Å². The number of hydrogen-bond acceptors (Lipinski definition) is 6. The molecule has 0 bridgehead atoms. The summed E-state index contributed by atoms with van der Waals surface area (Å²) >= 11 is 1.24. The molecule has 118 valence electrons. The van der Waals surface area contributed by atoms with Gasteiger partial charge in [0.1, 0.15) is 11.5 Å². The summed E-state index contributed by atoms with van der Waals surface area (Å²) in [6.45, 7) is 4.20. The summed E-state index contributed by atoms with van der Waals surface area (Å²) in [5.74, 6) is 1.32. The number of methoxy groups -OCH3 is 3. The van der Waals surface area contributed by atoms with E-state index < -0.39 is 5.97 Å². The molecule has 0 aliphatic carbocycles. The minimum absolute atomic E-state index is 0.298. The SMILES string of the molecule is COC(=O)c1cc(-c2cc(C(C)C)c(OC)cc2OC)sn1. The maximum atomic E-state index is 11.6. The van der Waals surface area contributed by atoms with Crippen molar-refractivity contribution in [2.45, 2.75) is 19.8 Å². The van der Waals surface area contributed by atoms with Gasteiger partial charge in [0.05, 0.1) is 26.2 Å². The van der Waals surface area contributed by atoms with Gasteiger partial charge in [0, 0.05) is 11.6 Å². The number of carbonyl (C=O) groups is 1. The van der Waals surface area contributed by atoms with Crippen LogP contribution in [0.5, 0.6) is 11.5 Å². The van der Waals surface area contributed by atoms with Gasteiger partial charge in [0.2, 0.25) is 0 Å². The van der Waals surface area contributed by atoms with Crippen LogP contribution < -0.4 is 9.47 Å². The van der Waals surface area contributed by atoms with E-state index >= 15 is 0 Å². The van der Waals surface area contributed by atoms with E-state index in [1.165, 1.54) is 18.6 Å². The zero-order valence-corrected chi connectivity index (χ0v) is 14.1. The van der Waals surface area contributed by atoms with E-state index in [-0.39, 0.29) is 0 Å². The summed E-state index contributed by atoms with van der Waals surface area (Å²) in [7, 11) is 4.59. The number of ether oxygens (including phenoxy) is 3. The monoisotopic (exact) mass is 321 g/mol. The number of carbonyl (C=O) groups excluding carboxylic acids is 1. The molecule has 1 heterocycles. The lowest BCUT2D eigenvalue weighted by molar-refractivity contribution is 0.0595. The Balaban J connectivity index is 2.56. The van der Waals surface area contributed by atoms with Gasteiger partial charge in [-0.25, -0.2) is 4.79 Å². The van der Waals surface area contributed by atoms with Crippen LogP contribution in [0.2, 0.25) is 0 Å². The molecule has 0 amide bonds. The largest absolute Gasteiger partial charge is 0.496 e. The van der Waals surface area contributed by atoms with E-state index in [0.29, 0.717) is 17.4 Å². The molecule has 0 fully saturated rings. The van der Waals surface area contributed by atoms with Crippen molar-refractivity contribution in [2.75, 3.05) is 21.3 Å². The van der Waals surface area contributed by atoms with Crippen molar-refractivity contribution in [1.82, 2.24) is 4.37 Å². The third-order valence-electron chi connectivity index (χ3n) is 3.34. The summed E-state index contributed by atoms with van der Waals surface area (Å²) < 4.78 is 19.7. The van der Waals surface area contributed by atoms with Crippen molar-refractivity contribution in [3.05, 3.63) is 29.5 Å². The van der Waals surface area contributed by atoms with Gasteiger partial charge >= 0.3 is 5.97 Å². The van der Waals surface area contributed by atoms with Crippen molar-refractivity contribution >= 4 is 17.5 Å². The smallest absolute Gasteiger partial charge is 0.357 e. The Morgan fingerprint density at radius 2 is 1.77 bits per heavy atom. The quantitative estimate of drug-likeness (QED) is 0.785. The van der Waals surface area contributed by atoms with E-state index in [9.17, 15) is 4.79 Å². The minimum Gasteiger partial charge on any atom is -0.496 e. The fraction of sp³-hybridized carbons (Fsp3) is 0.375. The van der Waals surface area contributed by atoms with Gasteiger partial charge in [-0.3, -0.25) is 0 Å². The van der Waals surface area contributed by atoms with Crippen LogP contribution in [0.3, 0.4) is 0 Å². The van der Waals surface area contributed by atoms with Crippen LogP contribution in [0.15, 0.2) is 18.2 Å². The molecule has 0 saturated heterocycles. The second kappa shape index (κ2) is 6.79. The molecule has 6 heteroatoms. The second-order valence-corrected chi connectivity index (χ2v) is 5.82. The van der Waals surface area contributed by atoms with E-state index in [1.807, 2.05) is 12.1 Å². The molecule has 0 aliphatic rings. The van der Waals surface area contributed by atoms with E-state index in [1.54, 1.807) is 20.3 Å². The molecule has 0 saturated carbocycles. The molecule has 0 spiro atoms. The first-order valence-electron chi connectivity index (χ1n) is 6.83. The molecule has 1 aromatic heterocycles. The average Bonchev–Trinajstić information content (AvgIpc) is 3.02. The van der Waals surface area contributed by atoms with Crippen molar-refractivity contribution < 1.29 is 19.0 Å². The van der Waals surface area contributed by atoms with Crippen LogP contribution in [0.4, 0.5) is 0 Å².